The van der Waals surface area contributed by atoms with Crippen LogP contribution in [-0.2, 0) is 10.0 Å². The largest absolute Gasteiger partial charge is 0.339 e. The van der Waals surface area contributed by atoms with Crippen molar-refractivity contribution in [2.24, 2.45) is 0 Å². The Balaban J connectivity index is 1.85. The van der Waals surface area contributed by atoms with Gasteiger partial charge < -0.3 is 4.90 Å². The molecule has 0 saturated carbocycles. The molecule has 2 aromatic rings. The van der Waals surface area contributed by atoms with Gasteiger partial charge in [-0.25, -0.2) is 8.42 Å². The van der Waals surface area contributed by atoms with Crippen LogP contribution in [0.5, 0.6) is 0 Å². The molecule has 0 aromatic heterocycles. The first-order valence-electron chi connectivity index (χ1n) is 7.53. The summed E-state index contributed by atoms with van der Waals surface area (Å²) in [6.45, 7) is 1.47. The van der Waals surface area contributed by atoms with Gasteiger partial charge in [0.1, 0.15) is 0 Å². The van der Waals surface area contributed by atoms with E-state index in [-0.39, 0.29) is 10.8 Å². The van der Waals surface area contributed by atoms with Gasteiger partial charge in [0, 0.05) is 24.3 Å². The number of amides is 1. The first-order chi connectivity index (χ1) is 11.1. The van der Waals surface area contributed by atoms with Crippen molar-refractivity contribution < 1.29 is 13.2 Å². The van der Waals surface area contributed by atoms with Gasteiger partial charge in [0.2, 0.25) is 0 Å². The summed E-state index contributed by atoms with van der Waals surface area (Å²) in [4.78, 5) is 14.2. The number of nitrogens with zero attached hydrogens (tertiary/aromatic N) is 1. The van der Waals surface area contributed by atoms with Gasteiger partial charge in [0.15, 0.2) is 0 Å². The molecule has 1 saturated heterocycles. The number of hydrogen-bond acceptors (Lipinski definition) is 3. The van der Waals surface area contributed by atoms with Crippen LogP contribution < -0.4 is 4.72 Å². The van der Waals surface area contributed by atoms with Crippen molar-refractivity contribution in [3.05, 3.63) is 60.2 Å². The van der Waals surface area contributed by atoms with Crippen LogP contribution in [-0.4, -0.2) is 32.3 Å². The highest BCUT2D eigenvalue weighted by molar-refractivity contribution is 7.92. The quantitative estimate of drug-likeness (QED) is 0.937. The van der Waals surface area contributed by atoms with Gasteiger partial charge in [-0.1, -0.05) is 24.3 Å². The van der Waals surface area contributed by atoms with Crippen LogP contribution in [0, 0.1) is 0 Å². The van der Waals surface area contributed by atoms with Gasteiger partial charge in [0.25, 0.3) is 15.9 Å². The fraction of sp³-hybridized carbons (Fsp3) is 0.235. The maximum atomic E-state index is 12.5. The third-order valence-corrected chi connectivity index (χ3v) is 5.19. The van der Waals surface area contributed by atoms with Crippen molar-refractivity contribution in [1.29, 1.82) is 0 Å². The second kappa shape index (κ2) is 6.42. The Labute approximate surface area is 136 Å². The molecular formula is C17H18N2O3S. The first kappa shape index (κ1) is 15.6. The predicted molar refractivity (Wildman–Crippen MR) is 88.8 cm³/mol. The number of nitrogens with one attached hydrogen (secondary N) is 1. The molecular weight excluding hydrogens is 312 g/mol. The van der Waals surface area contributed by atoms with Crippen LogP contribution in [0.4, 0.5) is 5.69 Å². The zero-order valence-corrected chi connectivity index (χ0v) is 13.4. The fourth-order valence-corrected chi connectivity index (χ4v) is 3.72. The Morgan fingerprint density at radius 1 is 0.957 bits per heavy atom. The molecule has 5 nitrogen and oxygen atoms in total. The summed E-state index contributed by atoms with van der Waals surface area (Å²) in [5.74, 6) is -0.112. The van der Waals surface area contributed by atoms with E-state index in [0.717, 1.165) is 25.9 Å². The van der Waals surface area contributed by atoms with Gasteiger partial charge in [-0.2, -0.15) is 0 Å². The Kier molecular flexibility index (Phi) is 4.34. The van der Waals surface area contributed by atoms with E-state index < -0.39 is 10.0 Å². The molecule has 1 N–H and O–H groups in total. The van der Waals surface area contributed by atoms with E-state index in [0.29, 0.717) is 11.3 Å². The van der Waals surface area contributed by atoms with Crippen LogP contribution in [0.2, 0.25) is 0 Å². The minimum atomic E-state index is -3.71. The minimum absolute atomic E-state index is 0.0893. The minimum Gasteiger partial charge on any atom is -0.339 e. The number of benzene rings is 2. The molecule has 1 amide bonds. The Morgan fingerprint density at radius 2 is 1.65 bits per heavy atom. The summed E-state index contributed by atoms with van der Waals surface area (Å²) in [7, 11) is -3.71. The normalized spacial score (nSPS) is 14.7. The molecule has 0 radical (unpaired) electrons. The van der Waals surface area contributed by atoms with E-state index in [2.05, 4.69) is 4.72 Å². The second-order valence-corrected chi connectivity index (χ2v) is 7.18. The number of carbonyl (C=O) groups is 1. The molecule has 0 atom stereocenters. The van der Waals surface area contributed by atoms with Gasteiger partial charge in [-0.05, 0) is 43.2 Å². The molecule has 2 aromatic carbocycles. The van der Waals surface area contributed by atoms with Gasteiger partial charge in [0.05, 0.1) is 4.90 Å². The third-order valence-electron chi connectivity index (χ3n) is 3.81. The summed E-state index contributed by atoms with van der Waals surface area (Å²) in [5.41, 5.74) is 0.895. The first-order valence-corrected chi connectivity index (χ1v) is 9.02. The standard InChI is InChI=1S/C17H18N2O3S/c20-17(19-11-4-5-12-19)14-7-6-10-16(13-14)23(21,22)18-15-8-2-1-3-9-15/h1-3,6-10,13,18H,4-5,11-12H2. The highest BCUT2D eigenvalue weighted by atomic mass is 32.2. The van der Waals surface area contributed by atoms with Crippen LogP contribution in [0.3, 0.4) is 0 Å². The summed E-state index contributed by atoms with van der Waals surface area (Å²) in [6, 6.07) is 14.9. The number of sulfonamides is 1. The van der Waals surface area contributed by atoms with E-state index >= 15 is 0 Å². The van der Waals surface area contributed by atoms with Crippen LogP contribution in [0.1, 0.15) is 23.2 Å². The average Bonchev–Trinajstić information content (AvgIpc) is 3.09. The van der Waals surface area contributed by atoms with E-state index in [4.69, 9.17) is 0 Å². The maximum Gasteiger partial charge on any atom is 0.261 e. The highest BCUT2D eigenvalue weighted by Gasteiger charge is 2.21. The molecule has 0 aliphatic carbocycles. The number of carbonyl (C=O) groups excluding carboxylic acids is 1. The number of anilines is 1. The van der Waals surface area contributed by atoms with Crippen LogP contribution in [0.15, 0.2) is 59.5 Å². The van der Waals surface area contributed by atoms with E-state index in [1.54, 1.807) is 41.3 Å². The second-order valence-electron chi connectivity index (χ2n) is 5.50. The predicted octanol–water partition coefficient (Wildman–Crippen LogP) is 2.72. The smallest absolute Gasteiger partial charge is 0.261 e. The van der Waals surface area contributed by atoms with Crippen molar-refractivity contribution in [1.82, 2.24) is 4.90 Å². The van der Waals surface area contributed by atoms with Crippen molar-refractivity contribution in [3.8, 4) is 0 Å². The lowest BCUT2D eigenvalue weighted by molar-refractivity contribution is 0.0792. The average molecular weight is 330 g/mol. The number of para-hydroxylation sites is 1. The number of rotatable bonds is 4. The zero-order chi connectivity index (χ0) is 16.3. The Bertz CT molecular complexity index is 798. The van der Waals surface area contributed by atoms with Gasteiger partial charge in [-0.3, -0.25) is 9.52 Å². The molecule has 1 aliphatic heterocycles. The summed E-state index contributed by atoms with van der Waals surface area (Å²) < 4.78 is 27.4. The molecule has 3 rings (SSSR count). The molecule has 1 fully saturated rings. The number of hydrogen-bond donors (Lipinski definition) is 1. The lowest BCUT2D eigenvalue weighted by Gasteiger charge is -2.16. The monoisotopic (exact) mass is 330 g/mol. The molecule has 1 aliphatic rings. The van der Waals surface area contributed by atoms with Crippen LogP contribution >= 0.6 is 0 Å². The topological polar surface area (TPSA) is 66.5 Å². The Morgan fingerprint density at radius 3 is 2.35 bits per heavy atom. The maximum absolute atomic E-state index is 12.5. The molecule has 6 heteroatoms. The highest BCUT2D eigenvalue weighted by Crippen LogP contribution is 2.19. The fourth-order valence-electron chi connectivity index (χ4n) is 2.62. The summed E-state index contributed by atoms with van der Waals surface area (Å²) in [6.07, 6.45) is 2.00. The molecule has 0 unspecified atom stereocenters. The SMILES string of the molecule is O=C(c1cccc(S(=O)(=O)Nc2ccccc2)c1)N1CCCC1. The molecule has 0 bridgehead atoms. The molecule has 120 valence electrons. The molecule has 23 heavy (non-hydrogen) atoms. The van der Waals surface area contributed by atoms with Gasteiger partial charge >= 0.3 is 0 Å². The summed E-state index contributed by atoms with van der Waals surface area (Å²) >= 11 is 0. The van der Waals surface area contributed by atoms with E-state index in [9.17, 15) is 13.2 Å². The van der Waals surface area contributed by atoms with Crippen molar-refractivity contribution in [2.45, 2.75) is 17.7 Å². The zero-order valence-electron chi connectivity index (χ0n) is 12.6. The lowest BCUT2D eigenvalue weighted by Crippen LogP contribution is -2.27. The van der Waals surface area contributed by atoms with Crippen molar-refractivity contribution in [3.63, 3.8) is 0 Å². The van der Waals surface area contributed by atoms with Crippen molar-refractivity contribution >= 4 is 21.6 Å². The number of likely N-dealkylation sites (tertiary alicyclic amines) is 1. The molecule has 0 spiro atoms. The molecule has 1 heterocycles. The Hall–Kier alpha value is -2.34. The summed E-state index contributed by atoms with van der Waals surface area (Å²) in [5, 5.41) is 0. The van der Waals surface area contributed by atoms with E-state index in [1.807, 2.05) is 6.07 Å². The van der Waals surface area contributed by atoms with Gasteiger partial charge in [-0.15, -0.1) is 0 Å². The van der Waals surface area contributed by atoms with Crippen LogP contribution in [0.25, 0.3) is 0 Å². The third kappa shape index (κ3) is 3.53. The lowest BCUT2D eigenvalue weighted by atomic mass is 10.2. The van der Waals surface area contributed by atoms with E-state index in [1.165, 1.54) is 12.1 Å². The van der Waals surface area contributed by atoms with Crippen molar-refractivity contribution in [2.75, 3.05) is 17.8 Å².